The molecule has 1 unspecified atom stereocenters. The highest BCUT2D eigenvalue weighted by atomic mass is 32.1. The van der Waals surface area contributed by atoms with Gasteiger partial charge in [0, 0.05) is 13.1 Å². The molecule has 0 bridgehead atoms. The van der Waals surface area contributed by atoms with Gasteiger partial charge in [-0.3, -0.25) is 0 Å². The van der Waals surface area contributed by atoms with E-state index in [0.717, 1.165) is 19.0 Å². The fourth-order valence-electron chi connectivity index (χ4n) is 1.14. The Morgan fingerprint density at radius 2 is 2.44 bits per heavy atom. The normalized spacial score (nSPS) is 26.8. The summed E-state index contributed by atoms with van der Waals surface area (Å²) in [7, 11) is 0. The van der Waals surface area contributed by atoms with Crippen LogP contribution in [0.1, 0.15) is 13.3 Å². The standard InChI is InChI=1S/C6H12N2S/c1-5-2-3-8(4-5)6(7)9/h5H,2-4H2,1H3,(H2,7,9). The van der Waals surface area contributed by atoms with E-state index in [1.54, 1.807) is 0 Å². The van der Waals surface area contributed by atoms with Gasteiger partial charge in [0.05, 0.1) is 0 Å². The van der Waals surface area contributed by atoms with Crippen molar-refractivity contribution in [3.05, 3.63) is 0 Å². The second-order valence-corrected chi connectivity index (χ2v) is 3.10. The van der Waals surface area contributed by atoms with Crippen LogP contribution in [-0.2, 0) is 0 Å². The Hall–Kier alpha value is -0.310. The van der Waals surface area contributed by atoms with Gasteiger partial charge in [-0.05, 0) is 24.6 Å². The molecular formula is C6H12N2S. The number of hydrogen-bond donors (Lipinski definition) is 1. The van der Waals surface area contributed by atoms with E-state index in [1.807, 2.05) is 0 Å². The zero-order valence-corrected chi connectivity index (χ0v) is 6.45. The number of thiocarbonyl (C=S) groups is 1. The van der Waals surface area contributed by atoms with E-state index < -0.39 is 0 Å². The molecule has 1 aliphatic rings. The Balaban J connectivity index is 2.39. The maximum Gasteiger partial charge on any atom is 0.166 e. The monoisotopic (exact) mass is 144 g/mol. The van der Waals surface area contributed by atoms with Crippen LogP contribution in [0.4, 0.5) is 0 Å². The van der Waals surface area contributed by atoms with Gasteiger partial charge in [0.1, 0.15) is 0 Å². The van der Waals surface area contributed by atoms with Gasteiger partial charge in [0.25, 0.3) is 0 Å². The molecule has 1 rings (SSSR count). The molecule has 1 atom stereocenters. The minimum atomic E-state index is 0.555. The molecule has 0 aromatic heterocycles. The summed E-state index contributed by atoms with van der Waals surface area (Å²) < 4.78 is 0. The minimum Gasteiger partial charge on any atom is -0.376 e. The lowest BCUT2D eigenvalue weighted by Gasteiger charge is -2.13. The molecule has 0 aliphatic carbocycles. The van der Waals surface area contributed by atoms with Crippen LogP contribution in [0.25, 0.3) is 0 Å². The van der Waals surface area contributed by atoms with E-state index in [1.165, 1.54) is 6.42 Å². The molecule has 9 heavy (non-hydrogen) atoms. The van der Waals surface area contributed by atoms with Crippen molar-refractivity contribution in [3.8, 4) is 0 Å². The van der Waals surface area contributed by atoms with Gasteiger partial charge in [0.15, 0.2) is 5.11 Å². The fourth-order valence-corrected chi connectivity index (χ4v) is 1.30. The molecule has 2 N–H and O–H groups in total. The Morgan fingerprint density at radius 3 is 2.67 bits per heavy atom. The van der Waals surface area contributed by atoms with Gasteiger partial charge in [0.2, 0.25) is 0 Å². The first-order valence-electron chi connectivity index (χ1n) is 3.24. The fraction of sp³-hybridized carbons (Fsp3) is 0.833. The van der Waals surface area contributed by atoms with Crippen molar-refractivity contribution in [2.75, 3.05) is 13.1 Å². The van der Waals surface area contributed by atoms with E-state index >= 15 is 0 Å². The summed E-state index contributed by atoms with van der Waals surface area (Å²) in [6.07, 6.45) is 1.23. The van der Waals surface area contributed by atoms with Crippen LogP contribution in [0.5, 0.6) is 0 Å². The predicted molar refractivity (Wildman–Crippen MR) is 42.1 cm³/mol. The van der Waals surface area contributed by atoms with Gasteiger partial charge in [-0.25, -0.2) is 0 Å². The number of rotatable bonds is 0. The summed E-state index contributed by atoms with van der Waals surface area (Å²) in [6, 6.07) is 0. The van der Waals surface area contributed by atoms with Crippen LogP contribution in [0.2, 0.25) is 0 Å². The molecule has 0 spiro atoms. The smallest absolute Gasteiger partial charge is 0.166 e. The molecule has 0 aromatic rings. The quantitative estimate of drug-likeness (QED) is 0.504. The first kappa shape index (κ1) is 6.81. The summed E-state index contributed by atoms with van der Waals surface area (Å²) >= 11 is 4.81. The van der Waals surface area contributed by atoms with Crippen molar-refractivity contribution >= 4 is 17.3 Å². The summed E-state index contributed by atoms with van der Waals surface area (Å²) in [5, 5.41) is 0.555. The second kappa shape index (κ2) is 2.52. The molecular weight excluding hydrogens is 132 g/mol. The molecule has 0 radical (unpaired) electrons. The molecule has 0 amide bonds. The SMILES string of the molecule is CC1CCN(C(N)=S)C1. The highest BCUT2D eigenvalue weighted by Gasteiger charge is 2.18. The lowest BCUT2D eigenvalue weighted by atomic mass is 10.2. The molecule has 52 valence electrons. The molecule has 2 nitrogen and oxygen atoms in total. The molecule has 0 aromatic carbocycles. The summed E-state index contributed by atoms with van der Waals surface area (Å²) in [5.41, 5.74) is 5.42. The van der Waals surface area contributed by atoms with Gasteiger partial charge >= 0.3 is 0 Å². The topological polar surface area (TPSA) is 29.3 Å². The Bertz CT molecular complexity index is 124. The van der Waals surface area contributed by atoms with Gasteiger partial charge in [-0.15, -0.1) is 0 Å². The highest BCUT2D eigenvalue weighted by Crippen LogP contribution is 2.13. The zero-order chi connectivity index (χ0) is 6.85. The lowest BCUT2D eigenvalue weighted by Crippen LogP contribution is -2.33. The minimum absolute atomic E-state index is 0.555. The second-order valence-electron chi connectivity index (χ2n) is 2.68. The van der Waals surface area contributed by atoms with E-state index in [4.69, 9.17) is 18.0 Å². The van der Waals surface area contributed by atoms with Crippen LogP contribution < -0.4 is 5.73 Å². The molecule has 3 heteroatoms. The highest BCUT2D eigenvalue weighted by molar-refractivity contribution is 7.80. The molecule has 1 aliphatic heterocycles. The Morgan fingerprint density at radius 1 is 1.78 bits per heavy atom. The zero-order valence-electron chi connectivity index (χ0n) is 5.63. The van der Waals surface area contributed by atoms with Crippen LogP contribution in [0.15, 0.2) is 0 Å². The average molecular weight is 144 g/mol. The predicted octanol–water partition coefficient (Wildman–Crippen LogP) is 0.572. The third kappa shape index (κ3) is 1.55. The molecule has 1 heterocycles. The first-order valence-corrected chi connectivity index (χ1v) is 3.65. The van der Waals surface area contributed by atoms with Crippen molar-refractivity contribution < 1.29 is 0 Å². The summed E-state index contributed by atoms with van der Waals surface area (Å²) in [5.74, 6) is 0.770. The number of hydrogen-bond acceptors (Lipinski definition) is 1. The lowest BCUT2D eigenvalue weighted by molar-refractivity contribution is 0.498. The van der Waals surface area contributed by atoms with Crippen molar-refractivity contribution in [3.63, 3.8) is 0 Å². The third-order valence-electron chi connectivity index (χ3n) is 1.74. The van der Waals surface area contributed by atoms with Crippen molar-refractivity contribution in [1.82, 2.24) is 4.90 Å². The van der Waals surface area contributed by atoms with E-state index in [2.05, 4.69) is 11.8 Å². The first-order chi connectivity index (χ1) is 4.20. The van der Waals surface area contributed by atoms with Gasteiger partial charge in [-0.2, -0.15) is 0 Å². The van der Waals surface area contributed by atoms with Crippen LogP contribution in [-0.4, -0.2) is 23.1 Å². The van der Waals surface area contributed by atoms with E-state index in [-0.39, 0.29) is 0 Å². The van der Waals surface area contributed by atoms with Crippen molar-refractivity contribution in [1.29, 1.82) is 0 Å². The largest absolute Gasteiger partial charge is 0.376 e. The van der Waals surface area contributed by atoms with E-state index in [0.29, 0.717) is 5.11 Å². The number of nitrogens with zero attached hydrogens (tertiary/aromatic N) is 1. The summed E-state index contributed by atoms with van der Waals surface area (Å²) in [6.45, 7) is 4.32. The molecule has 1 fully saturated rings. The maximum atomic E-state index is 5.42. The van der Waals surface area contributed by atoms with Gasteiger partial charge < -0.3 is 10.6 Å². The maximum absolute atomic E-state index is 5.42. The van der Waals surface area contributed by atoms with Crippen molar-refractivity contribution in [2.45, 2.75) is 13.3 Å². The Kier molecular flexibility index (Phi) is 1.90. The van der Waals surface area contributed by atoms with Crippen molar-refractivity contribution in [2.24, 2.45) is 11.7 Å². The number of likely N-dealkylation sites (tertiary alicyclic amines) is 1. The summed E-state index contributed by atoms with van der Waals surface area (Å²) in [4.78, 5) is 2.06. The van der Waals surface area contributed by atoms with Crippen LogP contribution >= 0.6 is 12.2 Å². The Labute approximate surface area is 61.0 Å². The van der Waals surface area contributed by atoms with Crippen LogP contribution in [0.3, 0.4) is 0 Å². The van der Waals surface area contributed by atoms with Gasteiger partial charge in [-0.1, -0.05) is 6.92 Å². The average Bonchev–Trinajstić information content (AvgIpc) is 2.14. The van der Waals surface area contributed by atoms with E-state index in [9.17, 15) is 0 Å². The number of nitrogens with two attached hydrogens (primary N) is 1. The third-order valence-corrected chi connectivity index (χ3v) is 1.99. The van der Waals surface area contributed by atoms with Crippen LogP contribution in [0, 0.1) is 5.92 Å². The molecule has 1 saturated heterocycles. The molecule has 0 saturated carbocycles.